The standard InChI is InChI=1S/C27H27ClFN5O3/c1-15-10-17(26(35)34-6-8-37-9-7-34)11-16(2)19(15)13-20-23-24(30-14-31-25(23)33(3)27(20)36)32-18-4-5-22(29)21(28)12-18/h4-5,10,12-14,16H,6-9,11H2,1-3H3,(H,30,31,32)/b20-13-. The molecule has 1 N–H and O–H groups in total. The first-order valence-corrected chi connectivity index (χ1v) is 12.5. The van der Waals surface area contributed by atoms with Gasteiger partial charge < -0.3 is 15.0 Å². The molecule has 2 amide bonds. The van der Waals surface area contributed by atoms with Gasteiger partial charge >= 0.3 is 0 Å². The highest BCUT2D eigenvalue weighted by atomic mass is 35.5. The van der Waals surface area contributed by atoms with Gasteiger partial charge in [0.1, 0.15) is 23.8 Å². The molecule has 1 unspecified atom stereocenters. The van der Waals surface area contributed by atoms with Gasteiger partial charge in [-0.25, -0.2) is 14.4 Å². The van der Waals surface area contributed by atoms with E-state index >= 15 is 0 Å². The van der Waals surface area contributed by atoms with E-state index in [1.807, 2.05) is 24.0 Å². The summed E-state index contributed by atoms with van der Waals surface area (Å²) in [6, 6.07) is 4.27. The van der Waals surface area contributed by atoms with Gasteiger partial charge in [-0.1, -0.05) is 24.6 Å². The molecule has 0 bridgehead atoms. The highest BCUT2D eigenvalue weighted by Crippen LogP contribution is 2.42. The number of nitrogens with one attached hydrogen (secondary N) is 1. The third kappa shape index (κ3) is 4.76. The summed E-state index contributed by atoms with van der Waals surface area (Å²) in [5, 5.41) is 3.13. The van der Waals surface area contributed by atoms with Crippen LogP contribution in [0.4, 0.5) is 21.7 Å². The first kappa shape index (κ1) is 25.1. The van der Waals surface area contributed by atoms with Crippen molar-refractivity contribution in [3.63, 3.8) is 0 Å². The number of hydrogen-bond donors (Lipinski definition) is 1. The lowest BCUT2D eigenvalue weighted by atomic mass is 9.82. The molecule has 0 spiro atoms. The van der Waals surface area contributed by atoms with Crippen LogP contribution < -0.4 is 10.2 Å². The van der Waals surface area contributed by atoms with E-state index in [-0.39, 0.29) is 22.8 Å². The van der Waals surface area contributed by atoms with E-state index in [0.29, 0.717) is 61.2 Å². The Bertz CT molecular complexity index is 1380. The number of allylic oxidation sites excluding steroid dienone is 4. The summed E-state index contributed by atoms with van der Waals surface area (Å²) in [7, 11) is 1.66. The van der Waals surface area contributed by atoms with Crippen molar-refractivity contribution >= 4 is 46.3 Å². The van der Waals surface area contributed by atoms with Gasteiger partial charge in [-0.05, 0) is 54.7 Å². The number of rotatable bonds is 4. The number of carbonyl (C=O) groups excluding carboxylic acids is 2. The molecule has 2 aliphatic heterocycles. The van der Waals surface area contributed by atoms with Gasteiger partial charge in [-0.2, -0.15) is 0 Å². The lowest BCUT2D eigenvalue weighted by Crippen LogP contribution is -2.41. The minimum absolute atomic E-state index is 0.0225. The maximum absolute atomic E-state index is 13.7. The third-order valence-corrected chi connectivity index (χ3v) is 7.20. The van der Waals surface area contributed by atoms with Crippen molar-refractivity contribution in [2.45, 2.75) is 20.3 Å². The number of ether oxygens (including phenoxy) is 1. The van der Waals surface area contributed by atoms with Gasteiger partial charge in [-0.3, -0.25) is 14.5 Å². The second-order valence-electron chi connectivity index (χ2n) is 9.41. The highest BCUT2D eigenvalue weighted by molar-refractivity contribution is 6.33. The molecule has 3 heterocycles. The fourth-order valence-electron chi connectivity index (χ4n) is 4.96. The average Bonchev–Trinajstić information content (AvgIpc) is 3.13. The molecule has 0 radical (unpaired) electrons. The van der Waals surface area contributed by atoms with Gasteiger partial charge in [0.15, 0.2) is 0 Å². The normalized spacial score (nSPS) is 20.9. The predicted molar refractivity (Wildman–Crippen MR) is 140 cm³/mol. The molecule has 10 heteroatoms. The van der Waals surface area contributed by atoms with Gasteiger partial charge in [0, 0.05) is 31.4 Å². The van der Waals surface area contributed by atoms with Crippen molar-refractivity contribution in [2.75, 3.05) is 43.6 Å². The number of benzene rings is 1. The fourth-order valence-corrected chi connectivity index (χ4v) is 5.14. The largest absolute Gasteiger partial charge is 0.378 e. The molecule has 0 saturated carbocycles. The quantitative estimate of drug-likeness (QED) is 0.593. The van der Waals surface area contributed by atoms with Crippen LogP contribution in [0.5, 0.6) is 0 Å². The maximum Gasteiger partial charge on any atom is 0.260 e. The molecule has 8 nitrogen and oxygen atoms in total. The van der Waals surface area contributed by atoms with E-state index in [0.717, 1.165) is 16.7 Å². The van der Waals surface area contributed by atoms with Crippen molar-refractivity contribution in [3.05, 3.63) is 69.8 Å². The van der Waals surface area contributed by atoms with Crippen LogP contribution in [0.3, 0.4) is 0 Å². The average molecular weight is 524 g/mol. The number of amides is 2. The monoisotopic (exact) mass is 523 g/mol. The minimum Gasteiger partial charge on any atom is -0.378 e. The zero-order valence-electron chi connectivity index (χ0n) is 20.8. The Kier molecular flexibility index (Phi) is 6.83. The van der Waals surface area contributed by atoms with Crippen LogP contribution in [0.2, 0.25) is 5.02 Å². The number of aromatic nitrogens is 2. The first-order valence-electron chi connectivity index (χ1n) is 12.1. The summed E-state index contributed by atoms with van der Waals surface area (Å²) in [5.74, 6) is 0.225. The molecule has 192 valence electrons. The summed E-state index contributed by atoms with van der Waals surface area (Å²) >= 11 is 5.95. The maximum atomic E-state index is 13.7. The Balaban J connectivity index is 1.52. The van der Waals surface area contributed by atoms with Gasteiger partial charge in [-0.15, -0.1) is 0 Å². The van der Waals surface area contributed by atoms with Crippen molar-refractivity contribution < 1.29 is 18.7 Å². The lowest BCUT2D eigenvalue weighted by Gasteiger charge is -2.30. The fraction of sp³-hybridized carbons (Fsp3) is 0.333. The first-order chi connectivity index (χ1) is 17.7. The van der Waals surface area contributed by atoms with Crippen LogP contribution in [0.1, 0.15) is 25.8 Å². The molecule has 2 aromatic rings. The summed E-state index contributed by atoms with van der Waals surface area (Å²) in [5.41, 5.74) is 4.21. The van der Waals surface area contributed by atoms with Crippen molar-refractivity contribution in [1.82, 2.24) is 14.9 Å². The molecule has 37 heavy (non-hydrogen) atoms. The van der Waals surface area contributed by atoms with Gasteiger partial charge in [0.25, 0.3) is 5.91 Å². The lowest BCUT2D eigenvalue weighted by molar-refractivity contribution is -0.131. The topological polar surface area (TPSA) is 87.7 Å². The van der Waals surface area contributed by atoms with Crippen LogP contribution in [0.15, 0.2) is 53.4 Å². The second kappa shape index (κ2) is 10.1. The van der Waals surface area contributed by atoms with Crippen LogP contribution in [0.25, 0.3) is 5.57 Å². The van der Waals surface area contributed by atoms with Crippen molar-refractivity contribution in [1.29, 1.82) is 0 Å². The number of likely N-dealkylation sites (N-methyl/N-ethyl adjacent to an activating group) is 1. The van der Waals surface area contributed by atoms with E-state index in [9.17, 15) is 14.0 Å². The smallest absolute Gasteiger partial charge is 0.260 e. The molecule has 1 atom stereocenters. The molecule has 5 rings (SSSR count). The van der Waals surface area contributed by atoms with Crippen molar-refractivity contribution in [2.24, 2.45) is 5.92 Å². The Morgan fingerprint density at radius 2 is 2.03 bits per heavy atom. The van der Waals surface area contributed by atoms with Crippen LogP contribution >= 0.6 is 11.6 Å². The minimum atomic E-state index is -0.524. The second-order valence-corrected chi connectivity index (χ2v) is 9.82. The summed E-state index contributed by atoms with van der Waals surface area (Å²) < 4.78 is 19.0. The van der Waals surface area contributed by atoms with Gasteiger partial charge in [0.2, 0.25) is 5.91 Å². The molecule has 3 aliphatic rings. The number of nitrogens with zero attached hydrogens (tertiary/aromatic N) is 4. The highest BCUT2D eigenvalue weighted by Gasteiger charge is 2.35. The SMILES string of the molecule is CC1=C(/C=C2\C(=O)N(C)c3ncnc(Nc4ccc(F)c(Cl)c4)c32)C(C)CC(C(=O)N2CCOCC2)=C1. The Morgan fingerprint density at radius 3 is 2.73 bits per heavy atom. The summed E-state index contributed by atoms with van der Waals surface area (Å²) in [4.78, 5) is 38.4. The molecule has 1 fully saturated rings. The van der Waals surface area contributed by atoms with Crippen LogP contribution in [-0.4, -0.2) is 60.0 Å². The molecule has 1 aliphatic carbocycles. The summed E-state index contributed by atoms with van der Waals surface area (Å²) in [6.07, 6.45) is 5.76. The Labute approximate surface area is 219 Å². The molecular weight excluding hydrogens is 497 g/mol. The van der Waals surface area contributed by atoms with E-state index in [4.69, 9.17) is 16.3 Å². The number of anilines is 3. The van der Waals surface area contributed by atoms with Gasteiger partial charge in [0.05, 0.1) is 29.4 Å². The molecule has 1 aromatic heterocycles. The third-order valence-electron chi connectivity index (χ3n) is 6.91. The number of fused-ring (bicyclic) bond motifs is 1. The molecule has 1 saturated heterocycles. The van der Waals surface area contributed by atoms with Crippen LogP contribution in [-0.2, 0) is 14.3 Å². The Morgan fingerprint density at radius 1 is 1.27 bits per heavy atom. The van der Waals surface area contributed by atoms with E-state index in [1.165, 1.54) is 23.4 Å². The number of carbonyl (C=O) groups is 2. The van der Waals surface area contributed by atoms with E-state index in [1.54, 1.807) is 13.1 Å². The van der Waals surface area contributed by atoms with Crippen LogP contribution in [0, 0.1) is 11.7 Å². The summed E-state index contributed by atoms with van der Waals surface area (Å²) in [6.45, 7) is 6.31. The zero-order valence-corrected chi connectivity index (χ0v) is 21.6. The number of halogens is 2. The van der Waals surface area contributed by atoms with Crippen molar-refractivity contribution in [3.8, 4) is 0 Å². The van der Waals surface area contributed by atoms with E-state index < -0.39 is 5.82 Å². The molecular formula is C27H27ClFN5O3. The Hall–Kier alpha value is -3.56. The molecule has 1 aromatic carbocycles. The zero-order chi connectivity index (χ0) is 26.3. The van der Waals surface area contributed by atoms with E-state index in [2.05, 4.69) is 22.2 Å². The predicted octanol–water partition coefficient (Wildman–Crippen LogP) is 4.51. The number of hydrogen-bond acceptors (Lipinski definition) is 6. The number of morpholine rings is 1.